The number of carbonyl (C=O) groups excluding carboxylic acids is 1. The van der Waals surface area contributed by atoms with Crippen molar-refractivity contribution in [2.45, 2.75) is 25.7 Å². The molecule has 114 valence electrons. The molecule has 21 heavy (non-hydrogen) atoms. The summed E-state index contributed by atoms with van der Waals surface area (Å²) in [5, 5.41) is 11.6. The quantitative estimate of drug-likeness (QED) is 0.769. The van der Waals surface area contributed by atoms with Gasteiger partial charge in [-0.3, -0.25) is 9.59 Å². The summed E-state index contributed by atoms with van der Waals surface area (Å²) in [4.78, 5) is 22.7. The van der Waals surface area contributed by atoms with Crippen molar-refractivity contribution in [3.05, 3.63) is 34.1 Å². The van der Waals surface area contributed by atoms with Crippen LogP contribution in [0.25, 0.3) is 0 Å². The fraction of sp³-hybridized carbons (Fsp3) is 0.467. The first kappa shape index (κ1) is 15.9. The Morgan fingerprint density at radius 1 is 1.33 bits per heavy atom. The molecule has 1 aromatic rings. The maximum absolute atomic E-state index is 13.6. The third-order valence-corrected chi connectivity index (χ3v) is 4.36. The third kappa shape index (κ3) is 4.03. The van der Waals surface area contributed by atoms with Crippen LogP contribution in [0.4, 0.5) is 4.39 Å². The fourth-order valence-electron chi connectivity index (χ4n) is 2.46. The lowest BCUT2D eigenvalue weighted by atomic mass is 9.73. The van der Waals surface area contributed by atoms with Gasteiger partial charge in [0.1, 0.15) is 5.82 Å². The number of amides is 1. The second-order valence-corrected chi connectivity index (χ2v) is 6.17. The van der Waals surface area contributed by atoms with E-state index in [1.54, 1.807) is 12.1 Å². The lowest BCUT2D eigenvalue weighted by Gasteiger charge is -2.31. The number of aliphatic carboxylic acids is 1. The van der Waals surface area contributed by atoms with Crippen molar-refractivity contribution in [2.24, 2.45) is 11.8 Å². The number of aryl methyl sites for hydroxylation is 1. The van der Waals surface area contributed by atoms with Crippen molar-refractivity contribution in [1.82, 2.24) is 5.32 Å². The summed E-state index contributed by atoms with van der Waals surface area (Å²) in [6.45, 7) is 0.428. The molecule has 1 amide bonds. The van der Waals surface area contributed by atoms with Gasteiger partial charge in [-0.05, 0) is 43.4 Å². The summed E-state index contributed by atoms with van der Waals surface area (Å²) < 4.78 is 14.3. The Hall–Kier alpha value is -1.43. The summed E-state index contributed by atoms with van der Waals surface area (Å²) in [7, 11) is 0. The molecule has 1 aromatic carbocycles. The molecule has 0 saturated heterocycles. The van der Waals surface area contributed by atoms with E-state index in [2.05, 4.69) is 21.2 Å². The van der Waals surface area contributed by atoms with E-state index >= 15 is 0 Å². The van der Waals surface area contributed by atoms with Crippen molar-refractivity contribution >= 4 is 27.8 Å². The van der Waals surface area contributed by atoms with Gasteiger partial charge in [-0.25, -0.2) is 4.39 Å². The molecule has 2 N–H and O–H groups in total. The van der Waals surface area contributed by atoms with Crippen LogP contribution in [0.1, 0.15) is 24.8 Å². The van der Waals surface area contributed by atoms with Crippen LogP contribution in [-0.4, -0.2) is 23.5 Å². The highest BCUT2D eigenvalue weighted by Gasteiger charge is 2.41. The smallest absolute Gasteiger partial charge is 0.307 e. The van der Waals surface area contributed by atoms with Gasteiger partial charge in [0.25, 0.3) is 0 Å². The molecule has 1 aliphatic carbocycles. The van der Waals surface area contributed by atoms with Crippen LogP contribution in [0.5, 0.6) is 0 Å². The lowest BCUT2D eigenvalue weighted by Crippen LogP contribution is -2.44. The molecule has 2 unspecified atom stereocenters. The maximum Gasteiger partial charge on any atom is 0.307 e. The van der Waals surface area contributed by atoms with Gasteiger partial charge in [0.2, 0.25) is 5.91 Å². The van der Waals surface area contributed by atoms with Crippen LogP contribution in [0.15, 0.2) is 22.7 Å². The van der Waals surface area contributed by atoms with Gasteiger partial charge in [-0.1, -0.05) is 22.0 Å². The number of carbonyl (C=O) groups is 2. The van der Waals surface area contributed by atoms with Gasteiger partial charge in [0.15, 0.2) is 0 Å². The van der Waals surface area contributed by atoms with Gasteiger partial charge < -0.3 is 10.4 Å². The van der Waals surface area contributed by atoms with Crippen LogP contribution in [-0.2, 0) is 16.0 Å². The van der Waals surface area contributed by atoms with Gasteiger partial charge >= 0.3 is 5.97 Å². The second kappa shape index (κ2) is 7.02. The minimum Gasteiger partial charge on any atom is -0.481 e. The SMILES string of the molecule is O=C(O)C1CCC1C(=O)NCCCc1ccc(Br)cc1F. The number of carboxylic acids is 1. The predicted octanol–water partition coefficient (Wildman–Crippen LogP) is 2.75. The normalized spacial score (nSPS) is 20.7. The number of hydrogen-bond acceptors (Lipinski definition) is 2. The Kier molecular flexibility index (Phi) is 5.33. The molecule has 4 nitrogen and oxygen atoms in total. The second-order valence-electron chi connectivity index (χ2n) is 5.26. The van der Waals surface area contributed by atoms with Crippen LogP contribution in [0.3, 0.4) is 0 Å². The summed E-state index contributed by atoms with van der Waals surface area (Å²) in [5.41, 5.74) is 0.611. The van der Waals surface area contributed by atoms with E-state index in [0.29, 0.717) is 42.3 Å². The van der Waals surface area contributed by atoms with Crippen LogP contribution in [0, 0.1) is 17.7 Å². The molecule has 2 rings (SSSR count). The largest absolute Gasteiger partial charge is 0.481 e. The number of halogens is 2. The van der Waals surface area contributed by atoms with Crippen molar-refractivity contribution in [1.29, 1.82) is 0 Å². The maximum atomic E-state index is 13.6. The molecule has 1 fully saturated rings. The van der Waals surface area contributed by atoms with Crippen LogP contribution >= 0.6 is 15.9 Å². The highest BCUT2D eigenvalue weighted by molar-refractivity contribution is 9.10. The number of carboxylic acid groups (broad SMARTS) is 1. The summed E-state index contributed by atoms with van der Waals surface area (Å²) in [6.07, 6.45) is 2.35. The molecule has 0 heterocycles. The Morgan fingerprint density at radius 3 is 2.62 bits per heavy atom. The van der Waals surface area contributed by atoms with E-state index in [0.717, 1.165) is 0 Å². The summed E-state index contributed by atoms with van der Waals surface area (Å²) in [6, 6.07) is 4.91. The Bertz CT molecular complexity index is 550. The third-order valence-electron chi connectivity index (χ3n) is 3.87. The zero-order valence-corrected chi connectivity index (χ0v) is 13.0. The Labute approximate surface area is 130 Å². The molecule has 0 bridgehead atoms. The van der Waals surface area contributed by atoms with Gasteiger partial charge in [0, 0.05) is 11.0 Å². The van der Waals surface area contributed by atoms with E-state index in [4.69, 9.17) is 5.11 Å². The van der Waals surface area contributed by atoms with E-state index in [1.807, 2.05) is 0 Å². The first-order valence-electron chi connectivity index (χ1n) is 6.93. The van der Waals surface area contributed by atoms with Crippen molar-refractivity contribution < 1.29 is 19.1 Å². The first-order chi connectivity index (χ1) is 9.99. The minimum atomic E-state index is -0.904. The van der Waals surface area contributed by atoms with Gasteiger partial charge in [0.05, 0.1) is 11.8 Å². The summed E-state index contributed by atoms with van der Waals surface area (Å²) in [5.74, 6) is -2.33. The molecular weight excluding hydrogens is 341 g/mol. The highest BCUT2D eigenvalue weighted by Crippen LogP contribution is 2.34. The first-order valence-corrected chi connectivity index (χ1v) is 7.73. The van der Waals surface area contributed by atoms with Gasteiger partial charge in [-0.15, -0.1) is 0 Å². The summed E-state index contributed by atoms with van der Waals surface area (Å²) >= 11 is 3.20. The highest BCUT2D eigenvalue weighted by atomic mass is 79.9. The molecule has 0 aliphatic heterocycles. The number of nitrogens with one attached hydrogen (secondary N) is 1. The fourth-order valence-corrected chi connectivity index (χ4v) is 2.79. The van der Waals surface area contributed by atoms with Crippen LogP contribution in [0.2, 0.25) is 0 Å². The average molecular weight is 358 g/mol. The standard InChI is InChI=1S/C15H17BrFNO3/c16-10-4-3-9(13(17)8-10)2-1-7-18-14(19)11-5-6-12(11)15(20)21/h3-4,8,11-12H,1-2,5-7H2,(H,18,19)(H,20,21). The number of benzene rings is 1. The molecule has 1 saturated carbocycles. The molecule has 0 spiro atoms. The van der Waals surface area contributed by atoms with E-state index in [-0.39, 0.29) is 11.7 Å². The van der Waals surface area contributed by atoms with Crippen molar-refractivity contribution in [3.63, 3.8) is 0 Å². The zero-order valence-electron chi connectivity index (χ0n) is 11.4. The zero-order chi connectivity index (χ0) is 15.4. The molecule has 0 aromatic heterocycles. The Morgan fingerprint density at radius 2 is 2.05 bits per heavy atom. The van der Waals surface area contributed by atoms with E-state index in [9.17, 15) is 14.0 Å². The van der Waals surface area contributed by atoms with E-state index < -0.39 is 17.8 Å². The number of hydrogen-bond donors (Lipinski definition) is 2. The topological polar surface area (TPSA) is 66.4 Å². The predicted molar refractivity (Wildman–Crippen MR) is 79.3 cm³/mol. The van der Waals surface area contributed by atoms with Gasteiger partial charge in [-0.2, -0.15) is 0 Å². The number of rotatable bonds is 6. The lowest BCUT2D eigenvalue weighted by molar-refractivity contribution is -0.152. The Balaban J connectivity index is 1.72. The van der Waals surface area contributed by atoms with E-state index in [1.165, 1.54) is 6.07 Å². The van der Waals surface area contributed by atoms with Crippen molar-refractivity contribution in [2.75, 3.05) is 6.54 Å². The minimum absolute atomic E-state index is 0.204. The molecule has 0 radical (unpaired) electrons. The molecule has 6 heteroatoms. The molecular formula is C15H17BrFNO3. The van der Waals surface area contributed by atoms with Crippen LogP contribution < -0.4 is 5.32 Å². The molecule has 2 atom stereocenters. The average Bonchev–Trinajstić information content (AvgIpc) is 2.34. The molecule has 1 aliphatic rings. The van der Waals surface area contributed by atoms with Crippen molar-refractivity contribution in [3.8, 4) is 0 Å². The monoisotopic (exact) mass is 357 g/mol.